The molecule has 0 bridgehead atoms. The second-order valence-corrected chi connectivity index (χ2v) is 8.01. The topological polar surface area (TPSA) is 112 Å². The van der Waals surface area contributed by atoms with Gasteiger partial charge in [0.1, 0.15) is 5.82 Å². The van der Waals surface area contributed by atoms with E-state index in [2.05, 4.69) is 30.9 Å². The number of carbonyl (C=O) groups is 1. The number of nitrogens with zero attached hydrogens (tertiary/aromatic N) is 3. The van der Waals surface area contributed by atoms with Crippen LogP contribution < -0.4 is 16.0 Å². The first-order valence-electron chi connectivity index (χ1n) is 10.3. The molecule has 10 heteroatoms. The highest BCUT2D eigenvalue weighted by Gasteiger charge is 2.22. The number of carboxylic acid groups (broad SMARTS) is 1. The van der Waals surface area contributed by atoms with Crippen LogP contribution in [0.4, 0.5) is 21.6 Å². The van der Waals surface area contributed by atoms with Crippen LogP contribution in [0.15, 0.2) is 65.9 Å². The molecule has 1 aliphatic rings. The molecule has 0 fully saturated rings. The molecule has 1 aliphatic heterocycles. The van der Waals surface area contributed by atoms with Gasteiger partial charge in [-0.25, -0.2) is 14.2 Å². The van der Waals surface area contributed by atoms with E-state index in [-0.39, 0.29) is 10.6 Å². The number of aromatic nitrogens is 2. The fraction of sp³-hybridized carbons (Fsp3) is 0.0833. The number of aromatic carboxylic acids is 1. The van der Waals surface area contributed by atoms with Gasteiger partial charge in [0.2, 0.25) is 0 Å². The second-order valence-electron chi connectivity index (χ2n) is 7.61. The minimum absolute atomic E-state index is 0.0293. The van der Waals surface area contributed by atoms with Crippen molar-refractivity contribution in [3.05, 3.63) is 88.5 Å². The Hall–Kier alpha value is -4.08. The lowest BCUT2D eigenvalue weighted by molar-refractivity contribution is 0.0697. The first-order chi connectivity index (χ1) is 16.5. The fourth-order valence-corrected chi connectivity index (χ4v) is 3.83. The minimum Gasteiger partial charge on any atom is -0.478 e. The molecule has 0 saturated heterocycles. The Kier molecular flexibility index (Phi) is 5.79. The number of fused-ring (bicyclic) bond motifs is 3. The molecule has 0 saturated carbocycles. The molecule has 0 aliphatic carbocycles. The van der Waals surface area contributed by atoms with Gasteiger partial charge in [-0.05, 0) is 42.0 Å². The number of halogens is 2. The van der Waals surface area contributed by atoms with Gasteiger partial charge >= 0.3 is 5.97 Å². The van der Waals surface area contributed by atoms with Crippen molar-refractivity contribution in [3.8, 4) is 0 Å². The molecule has 0 spiro atoms. The summed E-state index contributed by atoms with van der Waals surface area (Å²) in [6.45, 7) is 0.539. The van der Waals surface area contributed by atoms with Gasteiger partial charge in [-0.1, -0.05) is 23.7 Å². The number of hydrogen-bond acceptors (Lipinski definition) is 7. The average Bonchev–Trinajstić information content (AvgIpc) is 2.85. The van der Waals surface area contributed by atoms with Crippen molar-refractivity contribution in [2.24, 2.45) is 4.99 Å². The number of nitrogens with one attached hydrogen (secondary N) is 3. The van der Waals surface area contributed by atoms with Crippen LogP contribution in [0.25, 0.3) is 10.9 Å². The summed E-state index contributed by atoms with van der Waals surface area (Å²) in [7, 11) is 0. The summed E-state index contributed by atoms with van der Waals surface area (Å²) in [5.41, 5.74) is 3.53. The summed E-state index contributed by atoms with van der Waals surface area (Å²) >= 11 is 5.94. The molecule has 4 aromatic rings. The average molecular weight is 477 g/mol. The van der Waals surface area contributed by atoms with E-state index in [9.17, 15) is 14.3 Å². The van der Waals surface area contributed by atoms with Crippen LogP contribution in [0.5, 0.6) is 0 Å². The highest BCUT2D eigenvalue weighted by Crippen LogP contribution is 2.35. The number of aliphatic imine (C=N–C) groups is 1. The van der Waals surface area contributed by atoms with Crippen molar-refractivity contribution in [2.75, 3.05) is 10.6 Å². The van der Waals surface area contributed by atoms with Gasteiger partial charge in [0.25, 0.3) is 0 Å². The van der Waals surface area contributed by atoms with E-state index in [1.807, 2.05) is 12.1 Å². The van der Waals surface area contributed by atoms with Crippen molar-refractivity contribution in [2.45, 2.75) is 12.8 Å². The first kappa shape index (κ1) is 21.7. The Labute approximate surface area is 198 Å². The number of hydrogen-bond donors (Lipinski definition) is 4. The van der Waals surface area contributed by atoms with Gasteiger partial charge in [0.05, 0.1) is 21.8 Å². The number of benzene rings is 2. The van der Waals surface area contributed by atoms with Crippen molar-refractivity contribution in [3.63, 3.8) is 0 Å². The van der Waals surface area contributed by atoms with Gasteiger partial charge in [-0.2, -0.15) is 0 Å². The third-order valence-electron chi connectivity index (χ3n) is 5.31. The maximum Gasteiger partial charge on any atom is 0.335 e. The molecular weight excluding hydrogens is 459 g/mol. The van der Waals surface area contributed by atoms with Crippen LogP contribution in [-0.4, -0.2) is 33.5 Å². The number of pyridine rings is 2. The third kappa shape index (κ3) is 4.39. The van der Waals surface area contributed by atoms with E-state index < -0.39 is 18.1 Å². The molecular formula is C24H18ClFN6O2. The lowest BCUT2D eigenvalue weighted by atomic mass is 10.0. The van der Waals surface area contributed by atoms with Crippen molar-refractivity contribution in [1.29, 1.82) is 0 Å². The molecule has 8 nitrogen and oxygen atoms in total. The molecule has 3 heterocycles. The molecule has 34 heavy (non-hydrogen) atoms. The van der Waals surface area contributed by atoms with E-state index in [4.69, 9.17) is 11.6 Å². The molecule has 4 N–H and O–H groups in total. The summed E-state index contributed by atoms with van der Waals surface area (Å²) in [5, 5.41) is 19.9. The van der Waals surface area contributed by atoms with E-state index in [1.54, 1.807) is 30.7 Å². The summed E-state index contributed by atoms with van der Waals surface area (Å²) in [5.74, 6) is -1.16. The molecule has 2 aromatic heterocycles. The zero-order chi connectivity index (χ0) is 23.7. The summed E-state index contributed by atoms with van der Waals surface area (Å²) < 4.78 is 13.6. The number of anilines is 3. The molecule has 0 radical (unpaired) electrons. The van der Waals surface area contributed by atoms with E-state index in [0.717, 1.165) is 16.5 Å². The van der Waals surface area contributed by atoms with Gasteiger partial charge in [0, 0.05) is 41.8 Å². The molecule has 0 amide bonds. The van der Waals surface area contributed by atoms with Crippen LogP contribution in [0, 0.1) is 5.82 Å². The van der Waals surface area contributed by atoms with E-state index in [1.165, 1.54) is 24.3 Å². The predicted molar refractivity (Wildman–Crippen MR) is 129 cm³/mol. The Balaban J connectivity index is 1.53. The SMILES string of the molecule is O=C(O)c1ccc2c3c(c(Nc4ccc(F)c(Cl)c4)nc2c1)NC(NCc1cccnc1)N=C3. The summed E-state index contributed by atoms with van der Waals surface area (Å²) in [6, 6.07) is 12.8. The zero-order valence-electron chi connectivity index (χ0n) is 17.6. The van der Waals surface area contributed by atoms with Crippen LogP contribution in [0.1, 0.15) is 21.5 Å². The van der Waals surface area contributed by atoms with E-state index in [0.29, 0.717) is 29.3 Å². The lowest BCUT2D eigenvalue weighted by Gasteiger charge is -2.26. The smallest absolute Gasteiger partial charge is 0.335 e. The van der Waals surface area contributed by atoms with Gasteiger partial charge < -0.3 is 15.7 Å². The lowest BCUT2D eigenvalue weighted by Crippen LogP contribution is -2.36. The van der Waals surface area contributed by atoms with Gasteiger partial charge in [-0.15, -0.1) is 0 Å². The zero-order valence-corrected chi connectivity index (χ0v) is 18.3. The van der Waals surface area contributed by atoms with Crippen molar-refractivity contribution < 1.29 is 14.3 Å². The largest absolute Gasteiger partial charge is 0.478 e. The molecule has 1 unspecified atom stereocenters. The van der Waals surface area contributed by atoms with Crippen LogP contribution in [0.3, 0.4) is 0 Å². The van der Waals surface area contributed by atoms with Crippen LogP contribution in [-0.2, 0) is 6.54 Å². The fourth-order valence-electron chi connectivity index (χ4n) is 3.65. The summed E-state index contributed by atoms with van der Waals surface area (Å²) in [6.07, 6.45) is 4.76. The van der Waals surface area contributed by atoms with Crippen LogP contribution in [0.2, 0.25) is 5.02 Å². The molecule has 1 atom stereocenters. The van der Waals surface area contributed by atoms with Crippen molar-refractivity contribution in [1.82, 2.24) is 15.3 Å². The highest BCUT2D eigenvalue weighted by molar-refractivity contribution is 6.31. The van der Waals surface area contributed by atoms with Gasteiger partial charge in [0.15, 0.2) is 12.1 Å². The number of carboxylic acids is 1. The monoisotopic (exact) mass is 476 g/mol. The maximum absolute atomic E-state index is 13.6. The third-order valence-corrected chi connectivity index (χ3v) is 5.60. The minimum atomic E-state index is -1.05. The van der Waals surface area contributed by atoms with Crippen LogP contribution >= 0.6 is 11.6 Å². The number of rotatable bonds is 6. The Morgan fingerprint density at radius 3 is 2.85 bits per heavy atom. The second kappa shape index (κ2) is 9.05. The standard InChI is InChI=1S/C24H18ClFN6O2/c25-18-9-15(4-6-19(18)26)30-22-21-17(16-5-3-14(23(33)34)8-20(16)31-22)12-29-24(32-21)28-11-13-2-1-7-27-10-13/h1-10,12,24,28,32H,11H2,(H,30,31)(H,33,34). The molecule has 5 rings (SSSR count). The van der Waals surface area contributed by atoms with Gasteiger partial charge in [-0.3, -0.25) is 15.3 Å². The predicted octanol–water partition coefficient (Wildman–Crippen LogP) is 4.78. The highest BCUT2D eigenvalue weighted by atomic mass is 35.5. The Bertz CT molecular complexity index is 1430. The maximum atomic E-state index is 13.6. The first-order valence-corrected chi connectivity index (χ1v) is 10.7. The van der Waals surface area contributed by atoms with Crippen molar-refractivity contribution >= 4 is 51.9 Å². The molecule has 170 valence electrons. The normalized spacial score (nSPS) is 14.5. The van der Waals surface area contributed by atoms with E-state index >= 15 is 0 Å². The summed E-state index contributed by atoms with van der Waals surface area (Å²) in [4.78, 5) is 24.8. The quantitative estimate of drug-likeness (QED) is 0.317. The Morgan fingerprint density at radius 2 is 2.09 bits per heavy atom. The molecule has 2 aromatic carbocycles. The Morgan fingerprint density at radius 1 is 1.21 bits per heavy atom.